The van der Waals surface area contributed by atoms with Crippen molar-refractivity contribution in [2.75, 3.05) is 11.5 Å². The molecule has 0 unspecified atom stereocenters. The number of rotatable bonds is 5. The lowest BCUT2D eigenvalue weighted by Crippen LogP contribution is -2.55. The fraction of sp³-hybridized carbons (Fsp3) is 0.882. The van der Waals surface area contributed by atoms with Crippen LogP contribution in [0.3, 0.4) is 0 Å². The summed E-state index contributed by atoms with van der Waals surface area (Å²) in [5.74, 6) is -0.130. The molecule has 2 rings (SSSR count). The summed E-state index contributed by atoms with van der Waals surface area (Å²) in [6, 6.07) is -1.29. The second-order valence-electron chi connectivity index (χ2n) is 7.64. The van der Waals surface area contributed by atoms with Crippen LogP contribution in [0.1, 0.15) is 58.8 Å². The summed E-state index contributed by atoms with van der Waals surface area (Å²) in [5.41, 5.74) is 0. The van der Waals surface area contributed by atoms with E-state index < -0.39 is 21.9 Å². The van der Waals surface area contributed by atoms with Crippen LogP contribution in [-0.4, -0.2) is 50.0 Å². The molecule has 1 aliphatic carbocycles. The molecule has 0 aromatic carbocycles. The Labute approximate surface area is 150 Å². The summed E-state index contributed by atoms with van der Waals surface area (Å²) in [6.45, 7) is 3.77. The van der Waals surface area contributed by atoms with Gasteiger partial charge in [0.1, 0.15) is 6.04 Å². The second-order valence-corrected chi connectivity index (χ2v) is 9.87. The fourth-order valence-electron chi connectivity index (χ4n) is 3.53. The molecule has 1 heterocycles. The largest absolute Gasteiger partial charge is 0.352 e. The van der Waals surface area contributed by atoms with Gasteiger partial charge >= 0.3 is 6.03 Å². The molecule has 25 heavy (non-hydrogen) atoms. The van der Waals surface area contributed by atoms with E-state index in [2.05, 4.69) is 16.0 Å². The topological polar surface area (TPSA) is 104 Å². The molecule has 0 bridgehead atoms. The first kappa shape index (κ1) is 20.0. The van der Waals surface area contributed by atoms with Crippen LogP contribution in [-0.2, 0) is 14.6 Å². The van der Waals surface area contributed by atoms with Crippen molar-refractivity contribution in [1.29, 1.82) is 0 Å². The van der Waals surface area contributed by atoms with Gasteiger partial charge in [0.05, 0.1) is 11.5 Å². The van der Waals surface area contributed by atoms with Crippen molar-refractivity contribution in [1.82, 2.24) is 16.0 Å². The minimum Gasteiger partial charge on any atom is -0.352 e. The Morgan fingerprint density at radius 2 is 1.56 bits per heavy atom. The summed E-state index contributed by atoms with van der Waals surface area (Å²) in [5, 5.41) is 8.47. The van der Waals surface area contributed by atoms with Gasteiger partial charge < -0.3 is 16.0 Å². The second kappa shape index (κ2) is 8.87. The van der Waals surface area contributed by atoms with Crippen LogP contribution in [0, 0.1) is 5.92 Å². The zero-order valence-electron chi connectivity index (χ0n) is 15.2. The van der Waals surface area contributed by atoms with Gasteiger partial charge in [-0.2, -0.15) is 0 Å². The van der Waals surface area contributed by atoms with E-state index in [1.165, 1.54) is 12.8 Å². The lowest BCUT2D eigenvalue weighted by molar-refractivity contribution is -0.124. The van der Waals surface area contributed by atoms with E-state index in [0.717, 1.165) is 25.7 Å². The third-order valence-electron chi connectivity index (χ3n) is 5.00. The molecule has 0 aromatic heterocycles. The molecule has 0 radical (unpaired) electrons. The van der Waals surface area contributed by atoms with Crippen LogP contribution in [0.25, 0.3) is 0 Å². The van der Waals surface area contributed by atoms with Gasteiger partial charge in [-0.1, -0.05) is 39.5 Å². The number of amides is 3. The summed E-state index contributed by atoms with van der Waals surface area (Å²) in [4.78, 5) is 24.8. The van der Waals surface area contributed by atoms with Crippen molar-refractivity contribution in [3.63, 3.8) is 0 Å². The number of urea groups is 1. The van der Waals surface area contributed by atoms with Crippen molar-refractivity contribution in [3.05, 3.63) is 0 Å². The molecule has 0 spiro atoms. The van der Waals surface area contributed by atoms with E-state index in [-0.39, 0.29) is 35.4 Å². The maximum atomic E-state index is 12.6. The highest BCUT2D eigenvalue weighted by Gasteiger charge is 2.31. The molecule has 8 heteroatoms. The van der Waals surface area contributed by atoms with Gasteiger partial charge in [0, 0.05) is 12.1 Å². The molecule has 3 amide bonds. The highest BCUT2D eigenvalue weighted by Crippen LogP contribution is 2.17. The van der Waals surface area contributed by atoms with E-state index in [1.807, 2.05) is 13.8 Å². The first-order chi connectivity index (χ1) is 11.8. The quantitative estimate of drug-likeness (QED) is 0.633. The van der Waals surface area contributed by atoms with Gasteiger partial charge in [-0.15, -0.1) is 0 Å². The molecule has 7 nitrogen and oxygen atoms in total. The minimum atomic E-state index is -3.05. The van der Waals surface area contributed by atoms with Gasteiger partial charge in [0.2, 0.25) is 5.91 Å². The van der Waals surface area contributed by atoms with Crippen LogP contribution in [0.4, 0.5) is 4.79 Å². The van der Waals surface area contributed by atoms with Gasteiger partial charge in [-0.3, -0.25) is 4.79 Å². The molecule has 1 aliphatic heterocycles. The summed E-state index contributed by atoms with van der Waals surface area (Å²) >= 11 is 0. The highest BCUT2D eigenvalue weighted by atomic mass is 32.2. The Bertz CT molecular complexity index is 568. The van der Waals surface area contributed by atoms with Crippen LogP contribution < -0.4 is 16.0 Å². The average Bonchev–Trinajstić information content (AvgIpc) is 2.72. The van der Waals surface area contributed by atoms with Crippen molar-refractivity contribution in [2.45, 2.75) is 76.9 Å². The van der Waals surface area contributed by atoms with E-state index in [9.17, 15) is 18.0 Å². The molecular weight excluding hydrogens is 342 g/mol. The van der Waals surface area contributed by atoms with Gasteiger partial charge in [0.25, 0.3) is 0 Å². The van der Waals surface area contributed by atoms with Gasteiger partial charge in [-0.25, -0.2) is 13.2 Å². The summed E-state index contributed by atoms with van der Waals surface area (Å²) in [7, 11) is -3.05. The average molecular weight is 374 g/mol. The van der Waals surface area contributed by atoms with Crippen molar-refractivity contribution in [2.24, 2.45) is 5.92 Å². The van der Waals surface area contributed by atoms with E-state index in [4.69, 9.17) is 0 Å². The maximum Gasteiger partial charge on any atom is 0.315 e. The van der Waals surface area contributed by atoms with Crippen LogP contribution in [0.5, 0.6) is 0 Å². The first-order valence-electron chi connectivity index (χ1n) is 9.34. The van der Waals surface area contributed by atoms with Crippen LogP contribution >= 0.6 is 0 Å². The fourth-order valence-corrected chi connectivity index (χ4v) is 5.20. The van der Waals surface area contributed by atoms with Crippen molar-refractivity contribution in [3.8, 4) is 0 Å². The Morgan fingerprint density at radius 1 is 0.920 bits per heavy atom. The maximum absolute atomic E-state index is 12.6. The molecule has 144 valence electrons. The standard InChI is InChI=1S/C17H31N3O4S/c1-12(2)15(16(21)18-13-7-5-3-4-6-8-13)20-17(22)19-14-9-10-25(23,24)11-14/h12-15H,3-11H2,1-2H3,(H,18,21)(H2,19,20,22)/t14-,15-/m0/s1. The SMILES string of the molecule is CC(C)[C@H](NC(=O)N[C@H]1CCS(=O)(=O)C1)C(=O)NC1CCCCCC1. The lowest BCUT2D eigenvalue weighted by Gasteiger charge is -2.25. The normalized spacial score (nSPS) is 25.2. The Balaban J connectivity index is 1.86. The number of carbonyl (C=O) groups excluding carboxylic acids is 2. The van der Waals surface area contributed by atoms with Gasteiger partial charge in [-0.05, 0) is 25.2 Å². The molecule has 1 saturated heterocycles. The van der Waals surface area contributed by atoms with Crippen molar-refractivity contribution < 1.29 is 18.0 Å². The predicted molar refractivity (Wildman–Crippen MR) is 97.0 cm³/mol. The molecule has 3 N–H and O–H groups in total. The van der Waals surface area contributed by atoms with E-state index in [1.54, 1.807) is 0 Å². The summed E-state index contributed by atoms with van der Waals surface area (Å²) < 4.78 is 22.9. The van der Waals surface area contributed by atoms with Crippen molar-refractivity contribution >= 4 is 21.8 Å². The zero-order chi connectivity index (χ0) is 18.4. The molecule has 2 fully saturated rings. The molecular formula is C17H31N3O4S. The Kier molecular flexibility index (Phi) is 7.10. The third kappa shape index (κ3) is 6.49. The number of hydrogen-bond acceptors (Lipinski definition) is 4. The Morgan fingerprint density at radius 3 is 2.08 bits per heavy atom. The molecule has 2 aliphatic rings. The highest BCUT2D eigenvalue weighted by molar-refractivity contribution is 7.91. The molecule has 0 aromatic rings. The van der Waals surface area contributed by atoms with E-state index in [0.29, 0.717) is 6.42 Å². The Hall–Kier alpha value is -1.31. The van der Waals surface area contributed by atoms with E-state index >= 15 is 0 Å². The minimum absolute atomic E-state index is 0.0268. The lowest BCUT2D eigenvalue weighted by atomic mass is 10.0. The smallest absolute Gasteiger partial charge is 0.315 e. The number of nitrogens with one attached hydrogen (secondary N) is 3. The molecule has 2 atom stereocenters. The van der Waals surface area contributed by atoms with Crippen LogP contribution in [0.2, 0.25) is 0 Å². The van der Waals surface area contributed by atoms with Gasteiger partial charge in [0.15, 0.2) is 9.84 Å². The summed E-state index contributed by atoms with van der Waals surface area (Å²) in [6.07, 6.45) is 7.08. The predicted octanol–water partition coefficient (Wildman–Crippen LogP) is 1.34. The number of carbonyl (C=O) groups is 2. The van der Waals surface area contributed by atoms with Crippen LogP contribution in [0.15, 0.2) is 0 Å². The first-order valence-corrected chi connectivity index (χ1v) is 11.2. The number of sulfone groups is 1. The third-order valence-corrected chi connectivity index (χ3v) is 6.77. The zero-order valence-corrected chi connectivity index (χ0v) is 16.0. The number of hydrogen-bond donors (Lipinski definition) is 3. The molecule has 1 saturated carbocycles. The monoisotopic (exact) mass is 373 g/mol.